The Bertz CT molecular complexity index is 910. The van der Waals surface area contributed by atoms with E-state index in [1.807, 2.05) is 29.0 Å². The standard InChI is InChI=1S/C7H4BrNS.C7H5NOS/c8-5-1-3-9-6-2-4-10-7(5)6;9-6-1-3-8-5-2-4-10-7(5)6/h1-4H;1-4H,(H,8,9). The van der Waals surface area contributed by atoms with Crippen LogP contribution in [0.1, 0.15) is 0 Å². The van der Waals surface area contributed by atoms with E-state index in [4.69, 9.17) is 0 Å². The Hall–Kier alpha value is -1.50. The third kappa shape index (κ3) is 2.67. The molecule has 4 heterocycles. The fourth-order valence-corrected chi connectivity index (χ4v) is 3.87. The lowest BCUT2D eigenvalue weighted by Crippen LogP contribution is -1.95. The summed E-state index contributed by atoms with van der Waals surface area (Å²) in [6.45, 7) is 0. The molecule has 0 aromatic carbocycles. The van der Waals surface area contributed by atoms with Crippen molar-refractivity contribution in [2.24, 2.45) is 0 Å². The minimum Gasteiger partial charge on any atom is -0.360 e. The maximum atomic E-state index is 11.0. The highest BCUT2D eigenvalue weighted by atomic mass is 79.9. The Labute approximate surface area is 131 Å². The van der Waals surface area contributed by atoms with Crippen LogP contribution in [0.2, 0.25) is 0 Å². The molecule has 4 aromatic heterocycles. The molecule has 0 bridgehead atoms. The van der Waals surface area contributed by atoms with Crippen molar-refractivity contribution < 1.29 is 0 Å². The van der Waals surface area contributed by atoms with Crippen molar-refractivity contribution in [2.45, 2.75) is 0 Å². The molecule has 1 N–H and O–H groups in total. The molecule has 100 valence electrons. The summed E-state index contributed by atoms with van der Waals surface area (Å²) >= 11 is 6.62. The van der Waals surface area contributed by atoms with Crippen molar-refractivity contribution in [3.8, 4) is 0 Å². The van der Waals surface area contributed by atoms with Crippen molar-refractivity contribution in [1.29, 1.82) is 0 Å². The summed E-state index contributed by atoms with van der Waals surface area (Å²) in [5.74, 6) is 0. The second-order valence-corrected chi connectivity index (χ2v) is 6.62. The Morgan fingerprint density at radius 3 is 2.65 bits per heavy atom. The number of fused-ring (bicyclic) bond motifs is 2. The number of nitrogens with one attached hydrogen (secondary N) is 1. The molecule has 0 aliphatic carbocycles. The summed E-state index contributed by atoms with van der Waals surface area (Å²) in [7, 11) is 0. The maximum absolute atomic E-state index is 11.0. The quantitative estimate of drug-likeness (QED) is 0.493. The summed E-state index contributed by atoms with van der Waals surface area (Å²) in [5, 5.41) is 3.95. The van der Waals surface area contributed by atoms with Crippen LogP contribution in [0.25, 0.3) is 20.4 Å². The van der Waals surface area contributed by atoms with E-state index in [0.717, 1.165) is 20.2 Å². The van der Waals surface area contributed by atoms with Crippen LogP contribution in [0.5, 0.6) is 0 Å². The van der Waals surface area contributed by atoms with Crippen LogP contribution >= 0.6 is 38.6 Å². The topological polar surface area (TPSA) is 45.8 Å². The van der Waals surface area contributed by atoms with Gasteiger partial charge in [-0.25, -0.2) is 0 Å². The molecule has 0 radical (unpaired) electrons. The molecule has 6 heteroatoms. The number of H-pyrrole nitrogens is 1. The lowest BCUT2D eigenvalue weighted by molar-refractivity contribution is 1.41. The first-order chi connectivity index (χ1) is 9.75. The number of rotatable bonds is 0. The van der Waals surface area contributed by atoms with Gasteiger partial charge in [-0.05, 0) is 44.9 Å². The minimum absolute atomic E-state index is 0.101. The van der Waals surface area contributed by atoms with Crippen molar-refractivity contribution in [1.82, 2.24) is 9.97 Å². The van der Waals surface area contributed by atoms with Gasteiger partial charge >= 0.3 is 0 Å². The average Bonchev–Trinajstić information content (AvgIpc) is 3.08. The van der Waals surface area contributed by atoms with Gasteiger partial charge in [-0.2, -0.15) is 0 Å². The van der Waals surface area contributed by atoms with Gasteiger partial charge in [-0.1, -0.05) is 0 Å². The molecule has 20 heavy (non-hydrogen) atoms. The van der Waals surface area contributed by atoms with Crippen LogP contribution in [0.3, 0.4) is 0 Å². The predicted molar refractivity (Wildman–Crippen MR) is 89.8 cm³/mol. The maximum Gasteiger partial charge on any atom is 0.199 e. The van der Waals surface area contributed by atoms with Gasteiger partial charge in [0.2, 0.25) is 0 Å². The highest BCUT2D eigenvalue weighted by Gasteiger charge is 1.97. The average molecular weight is 365 g/mol. The Morgan fingerprint density at radius 2 is 1.85 bits per heavy atom. The van der Waals surface area contributed by atoms with Gasteiger partial charge < -0.3 is 4.98 Å². The van der Waals surface area contributed by atoms with E-state index in [1.54, 1.807) is 29.8 Å². The molecule has 0 aliphatic rings. The second-order valence-electron chi connectivity index (χ2n) is 3.93. The Balaban J connectivity index is 0.000000121. The summed E-state index contributed by atoms with van der Waals surface area (Å²) in [4.78, 5) is 18.2. The van der Waals surface area contributed by atoms with Gasteiger partial charge in [-0.3, -0.25) is 9.78 Å². The van der Waals surface area contributed by atoms with Crippen LogP contribution in [0.15, 0.2) is 56.7 Å². The number of hydrogen-bond donors (Lipinski definition) is 1. The largest absolute Gasteiger partial charge is 0.360 e. The van der Waals surface area contributed by atoms with Crippen LogP contribution < -0.4 is 5.43 Å². The molecule has 0 aliphatic heterocycles. The van der Waals surface area contributed by atoms with E-state index < -0.39 is 0 Å². The lowest BCUT2D eigenvalue weighted by Gasteiger charge is -1.89. The number of halogens is 1. The first-order valence-electron chi connectivity index (χ1n) is 5.78. The van der Waals surface area contributed by atoms with E-state index in [-0.39, 0.29) is 5.43 Å². The van der Waals surface area contributed by atoms with Crippen LogP contribution in [0.4, 0.5) is 0 Å². The normalized spacial score (nSPS) is 10.4. The van der Waals surface area contributed by atoms with Gasteiger partial charge in [0, 0.05) is 22.9 Å². The van der Waals surface area contributed by atoms with Crippen molar-refractivity contribution in [2.75, 3.05) is 0 Å². The molecule has 0 amide bonds. The molecule has 4 rings (SSSR count). The zero-order valence-corrected chi connectivity index (χ0v) is 13.4. The van der Waals surface area contributed by atoms with Crippen LogP contribution in [-0.4, -0.2) is 9.97 Å². The van der Waals surface area contributed by atoms with Gasteiger partial charge in [0.25, 0.3) is 0 Å². The summed E-state index contributed by atoms with van der Waals surface area (Å²) in [6.07, 6.45) is 3.47. The summed E-state index contributed by atoms with van der Waals surface area (Å²) in [6, 6.07) is 7.42. The molecule has 4 aromatic rings. The fourth-order valence-electron chi connectivity index (χ4n) is 1.74. The van der Waals surface area contributed by atoms with E-state index in [0.29, 0.717) is 0 Å². The zero-order chi connectivity index (χ0) is 13.9. The molecular weight excluding hydrogens is 356 g/mol. The highest BCUT2D eigenvalue weighted by Crippen LogP contribution is 2.26. The molecule has 0 fully saturated rings. The molecule has 0 saturated heterocycles. The van der Waals surface area contributed by atoms with Gasteiger partial charge in [-0.15, -0.1) is 22.7 Å². The summed E-state index contributed by atoms with van der Waals surface area (Å²) < 4.78 is 3.16. The second kappa shape index (κ2) is 5.87. The molecule has 3 nitrogen and oxygen atoms in total. The molecule has 0 atom stereocenters. The van der Waals surface area contributed by atoms with Crippen molar-refractivity contribution in [3.05, 3.63) is 62.1 Å². The molecular formula is C14H9BrN2OS2. The number of pyridine rings is 2. The lowest BCUT2D eigenvalue weighted by atomic mass is 10.4. The first-order valence-corrected chi connectivity index (χ1v) is 8.33. The van der Waals surface area contributed by atoms with Crippen LogP contribution in [-0.2, 0) is 0 Å². The number of nitrogens with zero attached hydrogens (tertiary/aromatic N) is 1. The van der Waals surface area contributed by atoms with Crippen molar-refractivity contribution >= 4 is 59.0 Å². The summed E-state index contributed by atoms with van der Waals surface area (Å²) in [5.41, 5.74) is 2.10. The van der Waals surface area contributed by atoms with E-state index in [1.165, 1.54) is 16.0 Å². The third-order valence-corrected chi connectivity index (χ3v) is 5.45. The number of aromatic amines is 1. The van der Waals surface area contributed by atoms with Crippen molar-refractivity contribution in [3.63, 3.8) is 0 Å². The van der Waals surface area contributed by atoms with Gasteiger partial charge in [0.15, 0.2) is 5.43 Å². The highest BCUT2D eigenvalue weighted by molar-refractivity contribution is 9.10. The third-order valence-electron chi connectivity index (χ3n) is 2.66. The van der Waals surface area contributed by atoms with Gasteiger partial charge in [0.1, 0.15) is 0 Å². The number of thiophene rings is 2. The van der Waals surface area contributed by atoms with E-state index in [2.05, 4.69) is 25.9 Å². The minimum atomic E-state index is 0.101. The number of hydrogen-bond acceptors (Lipinski definition) is 4. The molecule has 0 unspecified atom stereocenters. The van der Waals surface area contributed by atoms with Crippen LogP contribution in [0, 0.1) is 0 Å². The molecule has 0 spiro atoms. The fraction of sp³-hybridized carbons (Fsp3) is 0. The van der Waals surface area contributed by atoms with Gasteiger partial charge in [0.05, 0.1) is 20.4 Å². The monoisotopic (exact) mass is 364 g/mol. The number of aromatic nitrogens is 2. The zero-order valence-electron chi connectivity index (χ0n) is 10.2. The first kappa shape index (κ1) is 13.5. The Morgan fingerprint density at radius 1 is 1.05 bits per heavy atom. The SMILES string of the molecule is Brc1ccnc2ccsc12.O=c1cc[nH]c2ccsc12. The Kier molecular flexibility index (Phi) is 3.95. The predicted octanol–water partition coefficient (Wildman–Crippen LogP) is 4.65. The van der Waals surface area contributed by atoms with E-state index >= 15 is 0 Å². The smallest absolute Gasteiger partial charge is 0.199 e. The molecule has 0 saturated carbocycles. The van der Waals surface area contributed by atoms with E-state index in [9.17, 15) is 4.79 Å².